The molecule has 5 rings (SSSR count). The quantitative estimate of drug-likeness (QED) is 0.610. The van der Waals surface area contributed by atoms with E-state index in [2.05, 4.69) is 12.1 Å². The number of anilines is 1. The summed E-state index contributed by atoms with van der Waals surface area (Å²) >= 11 is 0. The molecule has 0 bridgehead atoms. The second-order valence-corrected chi connectivity index (χ2v) is 7.80. The van der Waals surface area contributed by atoms with Crippen LogP contribution in [0, 0.1) is 23.4 Å². The lowest BCUT2D eigenvalue weighted by Crippen LogP contribution is -2.52. The summed E-state index contributed by atoms with van der Waals surface area (Å²) in [5.41, 5.74) is 0.0855. The third-order valence-electron chi connectivity index (χ3n) is 5.80. The van der Waals surface area contributed by atoms with Crippen LogP contribution in [0.2, 0.25) is 0 Å². The van der Waals surface area contributed by atoms with Crippen LogP contribution in [-0.4, -0.2) is 35.2 Å². The van der Waals surface area contributed by atoms with Crippen molar-refractivity contribution < 1.29 is 22.5 Å². The Balaban J connectivity index is 1.65. The van der Waals surface area contributed by atoms with Gasteiger partial charge in [0.2, 0.25) is 0 Å². The summed E-state index contributed by atoms with van der Waals surface area (Å²) < 4.78 is 47.7. The summed E-state index contributed by atoms with van der Waals surface area (Å²) in [7, 11) is 0. The van der Waals surface area contributed by atoms with Gasteiger partial charge in [-0.2, -0.15) is 0 Å². The fourth-order valence-electron chi connectivity index (χ4n) is 4.55. The van der Waals surface area contributed by atoms with Crippen molar-refractivity contribution in [3.05, 3.63) is 47.8 Å². The summed E-state index contributed by atoms with van der Waals surface area (Å²) in [5.74, 6) is -2.40. The Morgan fingerprint density at radius 1 is 1.17 bits per heavy atom. The highest BCUT2D eigenvalue weighted by Crippen LogP contribution is 2.40. The van der Waals surface area contributed by atoms with E-state index in [0.29, 0.717) is 42.1 Å². The molecule has 29 heavy (non-hydrogen) atoms. The highest BCUT2D eigenvalue weighted by Gasteiger charge is 2.41. The van der Waals surface area contributed by atoms with Gasteiger partial charge in [0.05, 0.1) is 10.9 Å². The summed E-state index contributed by atoms with van der Waals surface area (Å²) in [6.07, 6.45) is 1.75. The lowest BCUT2D eigenvalue weighted by atomic mass is 9.99. The Hall–Kier alpha value is -3.03. The Kier molecular flexibility index (Phi) is 4.04. The van der Waals surface area contributed by atoms with Crippen LogP contribution in [0.15, 0.2) is 34.9 Å². The molecule has 2 aliphatic heterocycles. The largest absolute Gasteiger partial charge is 0.354 e. The van der Waals surface area contributed by atoms with Crippen molar-refractivity contribution in [2.75, 3.05) is 18.0 Å². The average Bonchev–Trinajstić information content (AvgIpc) is 3.25. The molecule has 8 heteroatoms. The molecule has 0 aliphatic carbocycles. The molecule has 2 aromatic carbocycles. The first kappa shape index (κ1) is 18.0. The first-order valence-corrected chi connectivity index (χ1v) is 9.55. The first-order valence-electron chi connectivity index (χ1n) is 9.55. The molecule has 3 aromatic rings. The molecule has 150 valence electrons. The van der Waals surface area contributed by atoms with Crippen molar-refractivity contribution in [1.82, 2.24) is 10.1 Å². The fourth-order valence-corrected chi connectivity index (χ4v) is 4.55. The van der Waals surface area contributed by atoms with Gasteiger partial charge in [-0.1, -0.05) is 24.2 Å². The standard InChI is InChI=1S/C21H18F3N3O2/c1-11-7-13-5-6-26(21(28)27(13)10-11)20-19-14(3-2-4-17(19)29-25-20)18-15(23)8-12(22)9-16(18)24/h2-4,8-9,11,13H,5-7,10H2,1H3/t11-,13+/m0/s1. The molecular weight excluding hydrogens is 383 g/mol. The van der Waals surface area contributed by atoms with Gasteiger partial charge >= 0.3 is 6.03 Å². The molecule has 3 heterocycles. The van der Waals surface area contributed by atoms with E-state index >= 15 is 0 Å². The number of hydrogen-bond donors (Lipinski definition) is 0. The predicted octanol–water partition coefficient (Wildman–Crippen LogP) is 4.95. The van der Waals surface area contributed by atoms with E-state index in [1.165, 1.54) is 11.0 Å². The Labute approximate surface area is 164 Å². The number of hydrogen-bond acceptors (Lipinski definition) is 3. The molecule has 0 N–H and O–H groups in total. The summed E-state index contributed by atoms with van der Waals surface area (Å²) in [5, 5.41) is 4.38. The molecule has 0 spiro atoms. The van der Waals surface area contributed by atoms with Crippen molar-refractivity contribution in [3.8, 4) is 11.1 Å². The maximum Gasteiger partial charge on any atom is 0.326 e. The van der Waals surface area contributed by atoms with Gasteiger partial charge in [-0.15, -0.1) is 0 Å². The molecule has 0 saturated carbocycles. The van der Waals surface area contributed by atoms with E-state index in [0.717, 1.165) is 12.8 Å². The number of amides is 2. The second kappa shape index (κ2) is 6.50. The minimum Gasteiger partial charge on any atom is -0.354 e. The van der Waals surface area contributed by atoms with Crippen LogP contribution in [0.5, 0.6) is 0 Å². The molecule has 0 radical (unpaired) electrons. The maximum absolute atomic E-state index is 14.5. The minimum atomic E-state index is -1.03. The number of halogens is 3. The van der Waals surface area contributed by atoms with Gasteiger partial charge in [-0.25, -0.2) is 18.0 Å². The highest BCUT2D eigenvalue weighted by atomic mass is 19.1. The number of rotatable bonds is 2. The van der Waals surface area contributed by atoms with Crippen molar-refractivity contribution in [3.63, 3.8) is 0 Å². The normalized spacial score (nSPS) is 21.9. The molecular formula is C21H18F3N3O2. The van der Waals surface area contributed by atoms with Crippen LogP contribution in [0.3, 0.4) is 0 Å². The molecule has 2 saturated heterocycles. The molecule has 1 aromatic heterocycles. The third kappa shape index (κ3) is 2.77. The van der Waals surface area contributed by atoms with Gasteiger partial charge in [0.25, 0.3) is 0 Å². The molecule has 5 nitrogen and oxygen atoms in total. The Morgan fingerprint density at radius 3 is 2.69 bits per heavy atom. The van der Waals surface area contributed by atoms with Crippen LogP contribution in [0.1, 0.15) is 19.8 Å². The monoisotopic (exact) mass is 401 g/mol. The maximum atomic E-state index is 14.5. The third-order valence-corrected chi connectivity index (χ3v) is 5.80. The van der Waals surface area contributed by atoms with Crippen LogP contribution in [0.25, 0.3) is 22.1 Å². The summed E-state index contributed by atoms with van der Waals surface area (Å²) in [6, 6.07) is 5.99. The number of carbonyl (C=O) groups is 1. The predicted molar refractivity (Wildman–Crippen MR) is 101 cm³/mol. The Morgan fingerprint density at radius 2 is 1.93 bits per heavy atom. The summed E-state index contributed by atoms with van der Waals surface area (Å²) in [4.78, 5) is 16.4. The molecule has 0 unspecified atom stereocenters. The van der Waals surface area contributed by atoms with Gasteiger partial charge in [0.1, 0.15) is 17.5 Å². The molecule has 2 atom stereocenters. The van der Waals surface area contributed by atoms with Crippen molar-refractivity contribution >= 4 is 22.8 Å². The molecule has 2 amide bonds. The van der Waals surface area contributed by atoms with Crippen LogP contribution in [-0.2, 0) is 0 Å². The molecule has 2 aliphatic rings. The van der Waals surface area contributed by atoms with Crippen LogP contribution >= 0.6 is 0 Å². The average molecular weight is 401 g/mol. The topological polar surface area (TPSA) is 49.6 Å². The van der Waals surface area contributed by atoms with E-state index in [1.807, 2.05) is 4.90 Å². The Bertz CT molecular complexity index is 1110. The van der Waals surface area contributed by atoms with Crippen molar-refractivity contribution in [2.45, 2.75) is 25.8 Å². The van der Waals surface area contributed by atoms with Gasteiger partial charge in [-0.05, 0) is 24.8 Å². The molecule has 2 fully saturated rings. The zero-order valence-corrected chi connectivity index (χ0v) is 15.7. The SMILES string of the molecule is C[C@H]1C[C@H]2CCN(c3noc4cccc(-c5c(F)cc(F)cc5F)c34)C(=O)N2C1. The second-order valence-electron chi connectivity index (χ2n) is 7.80. The summed E-state index contributed by atoms with van der Waals surface area (Å²) in [6.45, 7) is 3.22. The highest BCUT2D eigenvalue weighted by molar-refractivity contribution is 6.07. The van der Waals surface area contributed by atoms with E-state index in [4.69, 9.17) is 4.52 Å². The number of fused-ring (bicyclic) bond motifs is 2. The zero-order chi connectivity index (χ0) is 20.3. The fraction of sp³-hybridized carbons (Fsp3) is 0.333. The number of carbonyl (C=O) groups excluding carboxylic acids is 1. The van der Waals surface area contributed by atoms with Crippen molar-refractivity contribution in [1.29, 1.82) is 0 Å². The van der Waals surface area contributed by atoms with E-state index in [9.17, 15) is 18.0 Å². The lowest BCUT2D eigenvalue weighted by molar-refractivity contribution is 0.184. The number of benzene rings is 2. The van der Waals surface area contributed by atoms with E-state index in [-0.39, 0.29) is 29.0 Å². The van der Waals surface area contributed by atoms with Gasteiger partial charge < -0.3 is 9.42 Å². The van der Waals surface area contributed by atoms with Gasteiger partial charge in [0.15, 0.2) is 11.4 Å². The van der Waals surface area contributed by atoms with Crippen molar-refractivity contribution in [2.24, 2.45) is 5.92 Å². The lowest BCUT2D eigenvalue weighted by Gasteiger charge is -2.36. The zero-order valence-electron chi connectivity index (χ0n) is 15.7. The van der Waals surface area contributed by atoms with Gasteiger partial charge in [-0.3, -0.25) is 4.90 Å². The van der Waals surface area contributed by atoms with Crippen LogP contribution in [0.4, 0.5) is 23.8 Å². The number of aromatic nitrogens is 1. The van der Waals surface area contributed by atoms with E-state index in [1.54, 1.807) is 12.1 Å². The number of urea groups is 1. The number of nitrogens with zero attached hydrogens (tertiary/aromatic N) is 3. The van der Waals surface area contributed by atoms with Gasteiger partial charge in [0, 0.05) is 36.8 Å². The van der Waals surface area contributed by atoms with E-state index < -0.39 is 17.5 Å². The smallest absolute Gasteiger partial charge is 0.326 e. The van der Waals surface area contributed by atoms with Crippen LogP contribution < -0.4 is 4.90 Å². The first-order chi connectivity index (χ1) is 13.9. The minimum absolute atomic E-state index is 0.165.